The smallest absolute Gasteiger partial charge is 0.156 e. The van der Waals surface area contributed by atoms with Gasteiger partial charge in [0.25, 0.3) is 0 Å². The van der Waals surface area contributed by atoms with Crippen LogP contribution in [0.25, 0.3) is 22.4 Å². The molecule has 118 valence electrons. The third-order valence-corrected chi connectivity index (χ3v) is 5.17. The number of halogens is 1. The van der Waals surface area contributed by atoms with Gasteiger partial charge in [-0.2, -0.15) is 0 Å². The summed E-state index contributed by atoms with van der Waals surface area (Å²) in [7, 11) is 0. The number of aromatic amines is 1. The van der Waals surface area contributed by atoms with E-state index in [1.54, 1.807) is 0 Å². The van der Waals surface area contributed by atoms with Gasteiger partial charge < -0.3 is 4.98 Å². The van der Waals surface area contributed by atoms with Gasteiger partial charge in [0, 0.05) is 16.5 Å². The summed E-state index contributed by atoms with van der Waals surface area (Å²) in [5.41, 5.74) is 6.38. The molecule has 1 aromatic carbocycles. The molecule has 1 fully saturated rings. The Morgan fingerprint density at radius 2 is 1.83 bits per heavy atom. The van der Waals surface area contributed by atoms with Gasteiger partial charge in [0.1, 0.15) is 5.52 Å². The van der Waals surface area contributed by atoms with Gasteiger partial charge in [-0.25, -0.2) is 9.97 Å². The molecule has 1 N–H and O–H groups in total. The van der Waals surface area contributed by atoms with E-state index in [0.29, 0.717) is 5.92 Å². The number of aromatic nitrogens is 3. The molecule has 4 heteroatoms. The Labute approximate surface area is 141 Å². The van der Waals surface area contributed by atoms with Crippen molar-refractivity contribution in [3.63, 3.8) is 0 Å². The molecular formula is C19H20ClN3. The second-order valence-corrected chi connectivity index (χ2v) is 6.90. The lowest BCUT2D eigenvalue weighted by Crippen LogP contribution is -2.07. The zero-order valence-electron chi connectivity index (χ0n) is 13.3. The van der Waals surface area contributed by atoms with Gasteiger partial charge >= 0.3 is 0 Å². The monoisotopic (exact) mass is 325 g/mol. The van der Waals surface area contributed by atoms with E-state index < -0.39 is 0 Å². The van der Waals surface area contributed by atoms with Gasteiger partial charge in [-0.05, 0) is 37.5 Å². The molecule has 0 aliphatic heterocycles. The predicted molar refractivity (Wildman–Crippen MR) is 94.9 cm³/mol. The van der Waals surface area contributed by atoms with Gasteiger partial charge in [0.2, 0.25) is 0 Å². The van der Waals surface area contributed by atoms with Crippen molar-refractivity contribution in [2.24, 2.45) is 0 Å². The molecule has 23 heavy (non-hydrogen) atoms. The third-order valence-electron chi connectivity index (χ3n) is 4.92. The second-order valence-electron chi connectivity index (χ2n) is 6.46. The molecular weight excluding hydrogens is 306 g/mol. The molecule has 0 unspecified atom stereocenters. The molecule has 0 amide bonds. The highest BCUT2D eigenvalue weighted by molar-refractivity contribution is 6.30. The van der Waals surface area contributed by atoms with Crippen molar-refractivity contribution >= 4 is 22.8 Å². The molecule has 1 aliphatic carbocycles. The number of rotatable bonds is 2. The highest BCUT2D eigenvalue weighted by atomic mass is 35.5. The van der Waals surface area contributed by atoms with Gasteiger partial charge in [0.05, 0.1) is 17.6 Å². The zero-order chi connectivity index (χ0) is 15.8. The molecule has 3 nitrogen and oxygen atoms in total. The number of fused-ring (bicyclic) bond motifs is 1. The van der Waals surface area contributed by atoms with Gasteiger partial charge in [-0.3, -0.25) is 0 Å². The normalized spacial score (nSPS) is 16.1. The van der Waals surface area contributed by atoms with E-state index in [1.165, 1.54) is 32.1 Å². The van der Waals surface area contributed by atoms with Crippen molar-refractivity contribution in [2.75, 3.05) is 0 Å². The minimum absolute atomic E-state index is 0.578. The van der Waals surface area contributed by atoms with Crippen molar-refractivity contribution in [1.82, 2.24) is 15.0 Å². The average Bonchev–Trinajstić information content (AvgIpc) is 2.93. The average molecular weight is 326 g/mol. The first-order valence-corrected chi connectivity index (χ1v) is 8.71. The van der Waals surface area contributed by atoms with E-state index in [-0.39, 0.29) is 0 Å². The van der Waals surface area contributed by atoms with Crippen LogP contribution < -0.4 is 0 Å². The van der Waals surface area contributed by atoms with Crippen LogP contribution in [0, 0.1) is 6.92 Å². The summed E-state index contributed by atoms with van der Waals surface area (Å²) in [6.45, 7) is 2.11. The number of H-pyrrole nitrogens is 1. The Morgan fingerprint density at radius 1 is 1.09 bits per heavy atom. The summed E-state index contributed by atoms with van der Waals surface area (Å²) in [4.78, 5) is 13.0. The lowest BCUT2D eigenvalue weighted by atomic mass is 9.87. The molecule has 0 atom stereocenters. The fraction of sp³-hybridized carbons (Fsp3) is 0.368. The number of hydrogen-bond acceptors (Lipinski definition) is 2. The first-order chi connectivity index (χ1) is 11.2. The summed E-state index contributed by atoms with van der Waals surface area (Å²) in [5.74, 6) is 0.578. The van der Waals surface area contributed by atoms with E-state index in [0.717, 1.165) is 38.7 Å². The Hall–Kier alpha value is -1.87. The number of benzene rings is 1. The van der Waals surface area contributed by atoms with E-state index in [9.17, 15) is 0 Å². The maximum Gasteiger partial charge on any atom is 0.156 e. The Morgan fingerprint density at radius 3 is 2.57 bits per heavy atom. The van der Waals surface area contributed by atoms with Gasteiger partial charge in [0.15, 0.2) is 5.65 Å². The summed E-state index contributed by atoms with van der Waals surface area (Å²) in [5, 5.41) is 0.748. The van der Waals surface area contributed by atoms with Crippen molar-refractivity contribution < 1.29 is 0 Å². The molecule has 4 rings (SSSR count). The number of aryl methyl sites for hydroxylation is 1. The first-order valence-electron chi connectivity index (χ1n) is 8.33. The zero-order valence-corrected chi connectivity index (χ0v) is 14.0. The van der Waals surface area contributed by atoms with Crippen LogP contribution in [0.3, 0.4) is 0 Å². The SMILES string of the molecule is Cc1c(-c2ccc(Cl)cc2)[nH]c2ncc(C3CCCCC3)nc12. The summed E-state index contributed by atoms with van der Waals surface area (Å²) in [6.07, 6.45) is 8.43. The van der Waals surface area contributed by atoms with E-state index in [1.807, 2.05) is 30.5 Å². The maximum absolute atomic E-state index is 5.99. The van der Waals surface area contributed by atoms with E-state index >= 15 is 0 Å². The highest BCUT2D eigenvalue weighted by Gasteiger charge is 2.19. The number of hydrogen-bond donors (Lipinski definition) is 1. The first kappa shape index (κ1) is 14.7. The van der Waals surface area contributed by atoms with Crippen LogP contribution >= 0.6 is 11.6 Å². The van der Waals surface area contributed by atoms with Crippen LogP contribution in [-0.2, 0) is 0 Å². The topological polar surface area (TPSA) is 41.6 Å². The predicted octanol–water partition coefficient (Wildman–Crippen LogP) is 5.63. The minimum Gasteiger partial charge on any atom is -0.338 e. The Bertz CT molecular complexity index is 830. The van der Waals surface area contributed by atoms with Crippen LogP contribution in [0.1, 0.15) is 49.3 Å². The highest BCUT2D eigenvalue weighted by Crippen LogP contribution is 2.33. The lowest BCUT2D eigenvalue weighted by Gasteiger charge is -2.20. The second kappa shape index (κ2) is 5.97. The Balaban J connectivity index is 1.76. The van der Waals surface area contributed by atoms with Gasteiger partial charge in [-0.1, -0.05) is 43.0 Å². The fourth-order valence-electron chi connectivity index (χ4n) is 3.59. The summed E-state index contributed by atoms with van der Waals surface area (Å²) in [6, 6.07) is 7.89. The number of nitrogens with zero attached hydrogens (tertiary/aromatic N) is 2. The number of nitrogens with one attached hydrogen (secondary N) is 1. The molecule has 1 aliphatic rings. The van der Waals surface area contributed by atoms with Crippen molar-refractivity contribution in [1.29, 1.82) is 0 Å². The van der Waals surface area contributed by atoms with Crippen LogP contribution in [0.5, 0.6) is 0 Å². The molecule has 0 saturated heterocycles. The van der Waals surface area contributed by atoms with Crippen LogP contribution in [-0.4, -0.2) is 15.0 Å². The van der Waals surface area contributed by atoms with E-state index in [2.05, 4.69) is 16.9 Å². The minimum atomic E-state index is 0.578. The van der Waals surface area contributed by atoms with E-state index in [4.69, 9.17) is 16.6 Å². The summed E-state index contributed by atoms with van der Waals surface area (Å²) >= 11 is 5.99. The standard InChI is InChI=1S/C19H20ClN3/c1-12-17(14-7-9-15(20)10-8-14)23-19-18(12)22-16(11-21-19)13-5-3-2-4-6-13/h7-11,13H,2-6H2,1H3,(H,21,23). The van der Waals surface area contributed by atoms with Crippen LogP contribution in [0.4, 0.5) is 0 Å². The van der Waals surface area contributed by atoms with Crippen LogP contribution in [0.15, 0.2) is 30.5 Å². The molecule has 2 heterocycles. The van der Waals surface area contributed by atoms with Gasteiger partial charge in [-0.15, -0.1) is 0 Å². The largest absolute Gasteiger partial charge is 0.338 e. The molecule has 0 spiro atoms. The van der Waals surface area contributed by atoms with Crippen LogP contribution in [0.2, 0.25) is 5.02 Å². The molecule has 0 radical (unpaired) electrons. The van der Waals surface area contributed by atoms with Crippen molar-refractivity contribution in [3.8, 4) is 11.3 Å². The summed E-state index contributed by atoms with van der Waals surface area (Å²) < 4.78 is 0. The quantitative estimate of drug-likeness (QED) is 0.663. The maximum atomic E-state index is 5.99. The Kier molecular flexibility index (Phi) is 3.82. The van der Waals surface area contributed by atoms with Crippen molar-refractivity contribution in [2.45, 2.75) is 44.9 Å². The molecule has 2 aromatic heterocycles. The van der Waals surface area contributed by atoms with Crippen molar-refractivity contribution in [3.05, 3.63) is 46.7 Å². The fourth-order valence-corrected chi connectivity index (χ4v) is 3.71. The molecule has 0 bridgehead atoms. The molecule has 3 aromatic rings. The molecule has 1 saturated carbocycles. The third kappa shape index (κ3) is 2.74. The lowest BCUT2D eigenvalue weighted by molar-refractivity contribution is 0.436.